The minimum Gasteiger partial charge on any atom is -0.493 e. The first-order chi connectivity index (χ1) is 6.74. The van der Waals surface area contributed by atoms with Crippen molar-refractivity contribution in [2.45, 2.75) is 20.0 Å². The van der Waals surface area contributed by atoms with Gasteiger partial charge in [0.05, 0.1) is 6.26 Å². The summed E-state index contributed by atoms with van der Waals surface area (Å²) in [5.74, 6) is 0. The molecule has 0 unspecified atom stereocenters. The number of allylic oxidation sites excluding steroid dienone is 1. The highest BCUT2D eigenvalue weighted by Gasteiger charge is 2.02. The molecule has 1 aromatic rings. The van der Waals surface area contributed by atoms with Crippen LogP contribution in [0.5, 0.6) is 0 Å². The lowest BCUT2D eigenvalue weighted by atomic mass is 10.1. The predicted molar refractivity (Wildman–Crippen MR) is 55.8 cm³/mol. The van der Waals surface area contributed by atoms with Gasteiger partial charge in [0, 0.05) is 5.57 Å². The number of carbonyl (C=O) groups excluding carboxylic acids is 1. The van der Waals surface area contributed by atoms with Gasteiger partial charge in [0.25, 0.3) is 0 Å². The first-order valence-electron chi connectivity index (χ1n) is 4.56. The maximum Gasteiger partial charge on any atom is 0.148 e. The molecule has 2 heteroatoms. The fourth-order valence-electron chi connectivity index (χ4n) is 1.04. The predicted octanol–water partition coefficient (Wildman–Crippen LogP) is 2.87. The first kappa shape index (κ1) is 10.5. The summed E-state index contributed by atoms with van der Waals surface area (Å²) in [6.07, 6.45) is 2.24. The number of ether oxygens (including phenoxy) is 1. The van der Waals surface area contributed by atoms with E-state index in [1.165, 1.54) is 6.26 Å². The highest BCUT2D eigenvalue weighted by Crippen LogP contribution is 2.16. The van der Waals surface area contributed by atoms with E-state index in [0.29, 0.717) is 5.57 Å². The van der Waals surface area contributed by atoms with Crippen LogP contribution in [0.1, 0.15) is 25.5 Å². The summed E-state index contributed by atoms with van der Waals surface area (Å²) in [5, 5.41) is 0. The van der Waals surface area contributed by atoms with Crippen LogP contribution in [-0.2, 0) is 9.53 Å². The van der Waals surface area contributed by atoms with Crippen molar-refractivity contribution >= 4 is 6.29 Å². The monoisotopic (exact) mass is 190 g/mol. The van der Waals surface area contributed by atoms with Crippen molar-refractivity contribution < 1.29 is 9.53 Å². The van der Waals surface area contributed by atoms with E-state index in [1.807, 2.05) is 37.3 Å². The average molecular weight is 190 g/mol. The van der Waals surface area contributed by atoms with Gasteiger partial charge in [-0.05, 0) is 19.4 Å². The van der Waals surface area contributed by atoms with Gasteiger partial charge in [-0.2, -0.15) is 0 Å². The molecule has 0 fully saturated rings. The van der Waals surface area contributed by atoms with E-state index in [0.717, 1.165) is 11.8 Å². The lowest BCUT2D eigenvalue weighted by Gasteiger charge is -2.11. The van der Waals surface area contributed by atoms with Crippen molar-refractivity contribution in [3.8, 4) is 0 Å². The molecule has 0 radical (unpaired) electrons. The molecule has 14 heavy (non-hydrogen) atoms. The molecular weight excluding hydrogens is 176 g/mol. The molecule has 0 bridgehead atoms. The van der Waals surface area contributed by atoms with Gasteiger partial charge in [-0.25, -0.2) is 0 Å². The van der Waals surface area contributed by atoms with Crippen LogP contribution in [0.4, 0.5) is 0 Å². The summed E-state index contributed by atoms with van der Waals surface area (Å²) in [4.78, 5) is 10.3. The van der Waals surface area contributed by atoms with E-state index in [1.54, 1.807) is 6.92 Å². The summed E-state index contributed by atoms with van der Waals surface area (Å²) in [6.45, 7) is 3.66. The largest absolute Gasteiger partial charge is 0.493 e. The van der Waals surface area contributed by atoms with E-state index in [-0.39, 0.29) is 6.10 Å². The molecule has 0 aromatic heterocycles. The van der Waals surface area contributed by atoms with Crippen LogP contribution in [-0.4, -0.2) is 6.29 Å². The standard InChI is InChI=1S/C12H14O2/c1-10(8-13)9-14-11(2)12-6-4-3-5-7-12/h3-9,11H,1-2H3/b10-9+/t11-/m0/s1. The van der Waals surface area contributed by atoms with Crippen LogP contribution in [0.2, 0.25) is 0 Å². The minimum atomic E-state index is -0.0221. The first-order valence-corrected chi connectivity index (χ1v) is 4.56. The van der Waals surface area contributed by atoms with Crippen LogP contribution < -0.4 is 0 Å². The Morgan fingerprint density at radius 2 is 2.00 bits per heavy atom. The molecular formula is C12H14O2. The van der Waals surface area contributed by atoms with E-state index >= 15 is 0 Å². The molecule has 1 atom stereocenters. The zero-order valence-electron chi connectivity index (χ0n) is 8.44. The number of carbonyl (C=O) groups is 1. The molecule has 0 saturated carbocycles. The number of hydrogen-bond donors (Lipinski definition) is 0. The Kier molecular flexibility index (Phi) is 3.92. The molecule has 0 spiro atoms. The molecule has 0 saturated heterocycles. The topological polar surface area (TPSA) is 26.3 Å². The second kappa shape index (κ2) is 5.22. The number of benzene rings is 1. The normalized spacial score (nSPS) is 13.4. The summed E-state index contributed by atoms with van der Waals surface area (Å²) in [6, 6.07) is 9.88. The fourth-order valence-corrected chi connectivity index (χ4v) is 1.04. The van der Waals surface area contributed by atoms with Gasteiger partial charge in [-0.1, -0.05) is 30.3 Å². The van der Waals surface area contributed by atoms with Gasteiger partial charge in [0.1, 0.15) is 12.4 Å². The average Bonchev–Trinajstić information content (AvgIpc) is 2.26. The Bertz CT molecular complexity index is 314. The molecule has 1 aromatic carbocycles. The Balaban J connectivity index is 2.59. The third-order valence-corrected chi connectivity index (χ3v) is 1.91. The number of rotatable bonds is 4. The smallest absolute Gasteiger partial charge is 0.148 e. The summed E-state index contributed by atoms with van der Waals surface area (Å²) >= 11 is 0. The minimum absolute atomic E-state index is 0.0221. The molecule has 74 valence electrons. The van der Waals surface area contributed by atoms with Crippen LogP contribution in [0, 0.1) is 0 Å². The lowest BCUT2D eigenvalue weighted by Crippen LogP contribution is -1.95. The lowest BCUT2D eigenvalue weighted by molar-refractivity contribution is -0.105. The molecule has 0 aliphatic rings. The van der Waals surface area contributed by atoms with E-state index in [4.69, 9.17) is 4.74 Å². The molecule has 0 aliphatic heterocycles. The van der Waals surface area contributed by atoms with Gasteiger partial charge >= 0.3 is 0 Å². The molecule has 0 heterocycles. The number of aldehydes is 1. The van der Waals surface area contributed by atoms with Crippen molar-refractivity contribution in [1.29, 1.82) is 0 Å². The quantitative estimate of drug-likeness (QED) is 0.414. The SMILES string of the molecule is C/C(C=O)=C\O[C@@H](C)c1ccccc1. The van der Waals surface area contributed by atoms with Crippen molar-refractivity contribution in [1.82, 2.24) is 0 Å². The van der Waals surface area contributed by atoms with Gasteiger partial charge in [-0.15, -0.1) is 0 Å². The van der Waals surface area contributed by atoms with Crippen LogP contribution in [0.15, 0.2) is 42.2 Å². The molecule has 1 rings (SSSR count). The Morgan fingerprint density at radius 1 is 1.36 bits per heavy atom. The van der Waals surface area contributed by atoms with Crippen LogP contribution >= 0.6 is 0 Å². The second-order valence-electron chi connectivity index (χ2n) is 3.17. The second-order valence-corrected chi connectivity index (χ2v) is 3.17. The highest BCUT2D eigenvalue weighted by atomic mass is 16.5. The van der Waals surface area contributed by atoms with Crippen molar-refractivity contribution in [3.63, 3.8) is 0 Å². The van der Waals surface area contributed by atoms with Crippen LogP contribution in [0.25, 0.3) is 0 Å². The summed E-state index contributed by atoms with van der Waals surface area (Å²) < 4.78 is 5.39. The maximum absolute atomic E-state index is 10.3. The van der Waals surface area contributed by atoms with Crippen molar-refractivity contribution in [3.05, 3.63) is 47.7 Å². The Hall–Kier alpha value is -1.57. The Labute approximate surface area is 84.2 Å². The van der Waals surface area contributed by atoms with Gasteiger partial charge in [-0.3, -0.25) is 4.79 Å². The highest BCUT2D eigenvalue weighted by molar-refractivity contribution is 5.71. The van der Waals surface area contributed by atoms with Gasteiger partial charge in [0.2, 0.25) is 0 Å². The van der Waals surface area contributed by atoms with Gasteiger partial charge in [0.15, 0.2) is 0 Å². The van der Waals surface area contributed by atoms with Crippen molar-refractivity contribution in [2.24, 2.45) is 0 Å². The molecule has 0 N–H and O–H groups in total. The summed E-state index contributed by atoms with van der Waals surface area (Å²) in [7, 11) is 0. The summed E-state index contributed by atoms with van der Waals surface area (Å²) in [5.41, 5.74) is 1.69. The zero-order valence-corrected chi connectivity index (χ0v) is 8.44. The zero-order chi connectivity index (χ0) is 10.4. The fraction of sp³-hybridized carbons (Fsp3) is 0.250. The van der Waals surface area contributed by atoms with E-state index in [9.17, 15) is 4.79 Å². The third-order valence-electron chi connectivity index (χ3n) is 1.91. The maximum atomic E-state index is 10.3. The van der Waals surface area contributed by atoms with Crippen molar-refractivity contribution in [2.75, 3.05) is 0 Å². The third kappa shape index (κ3) is 3.05. The van der Waals surface area contributed by atoms with E-state index in [2.05, 4.69) is 0 Å². The van der Waals surface area contributed by atoms with Crippen LogP contribution in [0.3, 0.4) is 0 Å². The van der Waals surface area contributed by atoms with E-state index < -0.39 is 0 Å². The molecule has 0 amide bonds. The molecule has 2 nitrogen and oxygen atoms in total. The van der Waals surface area contributed by atoms with Gasteiger partial charge < -0.3 is 4.74 Å². The number of hydrogen-bond acceptors (Lipinski definition) is 2. The molecule has 0 aliphatic carbocycles. The Morgan fingerprint density at radius 3 is 2.57 bits per heavy atom.